The smallest absolute Gasteiger partial charge is 0.416 e. The fourth-order valence-corrected chi connectivity index (χ4v) is 2.42. The van der Waals surface area contributed by atoms with Crippen LogP contribution in [0.25, 0.3) is 16.7 Å². The summed E-state index contributed by atoms with van der Waals surface area (Å²) < 4.78 is 46.1. The van der Waals surface area contributed by atoms with E-state index in [1.165, 1.54) is 10.5 Å². The third-order valence-electron chi connectivity index (χ3n) is 3.53. The Balaban J connectivity index is 1.74. The van der Waals surface area contributed by atoms with Gasteiger partial charge in [0.05, 0.1) is 5.56 Å². The van der Waals surface area contributed by atoms with E-state index in [2.05, 4.69) is 10.1 Å². The molecular weight excluding hydrogens is 325 g/mol. The molecule has 0 saturated heterocycles. The van der Waals surface area contributed by atoms with Crippen LogP contribution in [0.15, 0.2) is 51.8 Å². The number of benzene rings is 1. The first-order chi connectivity index (χ1) is 11.4. The second-order valence-electron chi connectivity index (χ2n) is 5.16. The summed E-state index contributed by atoms with van der Waals surface area (Å²) in [5.74, 6) is 0.106. The van der Waals surface area contributed by atoms with E-state index >= 15 is 0 Å². The molecule has 3 heterocycles. The summed E-state index contributed by atoms with van der Waals surface area (Å²) in [5, 5.41) is 4.12. The first-order valence-corrected chi connectivity index (χ1v) is 6.93. The fourth-order valence-electron chi connectivity index (χ4n) is 2.42. The Morgan fingerprint density at radius 2 is 2.00 bits per heavy atom. The molecule has 122 valence electrons. The Labute approximate surface area is 131 Å². The van der Waals surface area contributed by atoms with Crippen molar-refractivity contribution >= 4 is 16.7 Å². The average molecular weight is 334 g/mol. The number of hydrogen-bond acceptors (Lipinski definition) is 4. The lowest BCUT2D eigenvalue weighted by molar-refractivity contribution is -0.137. The largest absolute Gasteiger partial charge is 0.439 e. The zero-order valence-electron chi connectivity index (χ0n) is 12.0. The molecule has 0 unspecified atom stereocenters. The molecule has 4 aromatic rings. The summed E-state index contributed by atoms with van der Waals surface area (Å²) in [6, 6.07) is 8.15. The number of oxazole rings is 1. The minimum Gasteiger partial charge on any atom is -0.439 e. The summed E-state index contributed by atoms with van der Waals surface area (Å²) in [4.78, 5) is 16.2. The van der Waals surface area contributed by atoms with Crippen molar-refractivity contribution in [3.63, 3.8) is 0 Å². The molecule has 3 aromatic heterocycles. The summed E-state index contributed by atoms with van der Waals surface area (Å²) in [6.45, 7) is -0.0729. The summed E-state index contributed by atoms with van der Waals surface area (Å²) >= 11 is 0. The van der Waals surface area contributed by atoms with Gasteiger partial charge >= 0.3 is 11.9 Å². The molecule has 24 heavy (non-hydrogen) atoms. The highest BCUT2D eigenvalue weighted by atomic mass is 19.4. The third kappa shape index (κ3) is 2.34. The number of pyridine rings is 1. The van der Waals surface area contributed by atoms with E-state index in [-0.39, 0.29) is 29.2 Å². The summed E-state index contributed by atoms with van der Waals surface area (Å²) in [7, 11) is 0. The van der Waals surface area contributed by atoms with Crippen LogP contribution >= 0.6 is 0 Å². The van der Waals surface area contributed by atoms with E-state index in [4.69, 9.17) is 4.42 Å². The molecule has 0 spiro atoms. The van der Waals surface area contributed by atoms with Gasteiger partial charge in [-0.1, -0.05) is 6.07 Å². The Hall–Kier alpha value is -3.10. The standard InChI is InChI=1S/C15H9F3N4O2/c16-15(17,18)9-4-5-11-10(7-9)19-13(24-11)8-22-14(23)21-6-2-1-3-12(21)20-22/h1-7H,8H2. The molecule has 0 saturated carbocycles. The van der Waals surface area contributed by atoms with E-state index < -0.39 is 11.7 Å². The van der Waals surface area contributed by atoms with Gasteiger partial charge in [-0.15, -0.1) is 5.10 Å². The molecule has 0 aliphatic rings. The lowest BCUT2D eigenvalue weighted by Crippen LogP contribution is -2.21. The van der Waals surface area contributed by atoms with Gasteiger partial charge in [0, 0.05) is 6.20 Å². The molecule has 0 radical (unpaired) electrons. The van der Waals surface area contributed by atoms with Crippen LogP contribution in [0, 0.1) is 0 Å². The van der Waals surface area contributed by atoms with E-state index in [1.807, 2.05) is 0 Å². The van der Waals surface area contributed by atoms with E-state index in [0.29, 0.717) is 5.65 Å². The Morgan fingerprint density at radius 1 is 1.17 bits per heavy atom. The highest BCUT2D eigenvalue weighted by Crippen LogP contribution is 2.31. The van der Waals surface area contributed by atoms with Crippen molar-refractivity contribution < 1.29 is 17.6 Å². The van der Waals surface area contributed by atoms with E-state index in [0.717, 1.165) is 16.8 Å². The highest BCUT2D eigenvalue weighted by Gasteiger charge is 2.31. The summed E-state index contributed by atoms with van der Waals surface area (Å²) in [6.07, 6.45) is -2.88. The fraction of sp³-hybridized carbons (Fsp3) is 0.133. The van der Waals surface area contributed by atoms with Crippen LogP contribution in [0.4, 0.5) is 13.2 Å². The number of nitrogens with zero attached hydrogens (tertiary/aromatic N) is 4. The van der Waals surface area contributed by atoms with Gasteiger partial charge in [-0.3, -0.25) is 4.40 Å². The number of alkyl halides is 3. The van der Waals surface area contributed by atoms with Crippen molar-refractivity contribution in [3.8, 4) is 0 Å². The van der Waals surface area contributed by atoms with Crippen LogP contribution in [0.1, 0.15) is 11.5 Å². The minimum atomic E-state index is -4.45. The van der Waals surface area contributed by atoms with Crippen molar-refractivity contribution in [1.82, 2.24) is 19.2 Å². The highest BCUT2D eigenvalue weighted by molar-refractivity contribution is 5.73. The van der Waals surface area contributed by atoms with Gasteiger partial charge in [0.1, 0.15) is 12.1 Å². The molecule has 9 heteroatoms. The Kier molecular flexibility index (Phi) is 2.99. The first kappa shape index (κ1) is 14.5. The third-order valence-corrected chi connectivity index (χ3v) is 3.53. The molecule has 6 nitrogen and oxygen atoms in total. The van der Waals surface area contributed by atoms with Gasteiger partial charge in [0.25, 0.3) is 0 Å². The molecular formula is C15H9F3N4O2. The first-order valence-electron chi connectivity index (χ1n) is 6.93. The predicted octanol–water partition coefficient (Wildman–Crippen LogP) is 2.70. The van der Waals surface area contributed by atoms with Gasteiger partial charge in [-0.05, 0) is 30.3 Å². The van der Waals surface area contributed by atoms with Crippen molar-refractivity contribution in [2.75, 3.05) is 0 Å². The number of fused-ring (bicyclic) bond motifs is 2. The zero-order valence-corrected chi connectivity index (χ0v) is 12.0. The SMILES string of the molecule is O=c1n(Cc2nc3cc(C(F)(F)F)ccc3o2)nc2ccccn12. The van der Waals surface area contributed by atoms with Crippen molar-refractivity contribution in [1.29, 1.82) is 0 Å². The van der Waals surface area contributed by atoms with Gasteiger partial charge < -0.3 is 4.42 Å². The van der Waals surface area contributed by atoms with Crippen molar-refractivity contribution in [2.24, 2.45) is 0 Å². The second kappa shape index (κ2) is 4.95. The van der Waals surface area contributed by atoms with E-state index in [1.54, 1.807) is 24.4 Å². The monoisotopic (exact) mass is 334 g/mol. The van der Waals surface area contributed by atoms with Gasteiger partial charge in [0.2, 0.25) is 5.89 Å². The number of aromatic nitrogens is 4. The minimum absolute atomic E-state index is 0.0729. The lowest BCUT2D eigenvalue weighted by atomic mass is 10.2. The number of halogens is 3. The Bertz CT molecular complexity index is 1110. The quantitative estimate of drug-likeness (QED) is 0.565. The van der Waals surface area contributed by atoms with Crippen molar-refractivity contribution in [2.45, 2.75) is 12.7 Å². The maximum atomic E-state index is 12.7. The maximum absolute atomic E-state index is 12.7. The molecule has 0 fully saturated rings. The van der Waals surface area contributed by atoms with Crippen LogP contribution < -0.4 is 5.69 Å². The number of rotatable bonds is 2. The van der Waals surface area contributed by atoms with Gasteiger partial charge in [-0.2, -0.15) is 13.2 Å². The Morgan fingerprint density at radius 3 is 2.75 bits per heavy atom. The normalized spacial score (nSPS) is 12.3. The van der Waals surface area contributed by atoms with Crippen molar-refractivity contribution in [3.05, 3.63) is 64.5 Å². The average Bonchev–Trinajstić information content (AvgIpc) is 3.07. The maximum Gasteiger partial charge on any atom is 0.416 e. The van der Waals surface area contributed by atoms with Crippen LogP contribution in [-0.2, 0) is 12.7 Å². The molecule has 0 bridgehead atoms. The van der Waals surface area contributed by atoms with Gasteiger partial charge in [-0.25, -0.2) is 14.5 Å². The van der Waals surface area contributed by atoms with Crippen LogP contribution in [0.2, 0.25) is 0 Å². The molecule has 0 aliphatic carbocycles. The molecule has 0 N–H and O–H groups in total. The lowest BCUT2D eigenvalue weighted by Gasteiger charge is -2.04. The molecule has 0 amide bonds. The second-order valence-corrected chi connectivity index (χ2v) is 5.16. The van der Waals surface area contributed by atoms with E-state index in [9.17, 15) is 18.0 Å². The molecule has 0 aliphatic heterocycles. The topological polar surface area (TPSA) is 65.3 Å². The van der Waals surface area contributed by atoms with Gasteiger partial charge in [0.15, 0.2) is 11.2 Å². The zero-order chi connectivity index (χ0) is 16.9. The predicted molar refractivity (Wildman–Crippen MR) is 77.6 cm³/mol. The van der Waals surface area contributed by atoms with Crippen LogP contribution in [0.5, 0.6) is 0 Å². The number of hydrogen-bond donors (Lipinski definition) is 0. The molecule has 1 aromatic carbocycles. The van der Waals surface area contributed by atoms with Crippen LogP contribution in [-0.4, -0.2) is 19.2 Å². The van der Waals surface area contributed by atoms with Crippen LogP contribution in [0.3, 0.4) is 0 Å². The summed E-state index contributed by atoms with van der Waals surface area (Å²) in [5.41, 5.74) is -0.437. The molecule has 4 rings (SSSR count). The molecule has 0 atom stereocenters.